The molecule has 4 nitrogen and oxygen atoms in total. The standard InChI is InChI=1S/C21H32N2O2/c1-21(2,3)23-20(25)18-13-11-17(12-14-18)19(24)22-15-7-10-16-8-5-4-6-9-16/h4-6,8-9,17-18H,7,10-15H2,1-3H3,(H,22,24)(H,23,25). The maximum Gasteiger partial charge on any atom is 0.223 e. The Morgan fingerprint density at radius 2 is 1.52 bits per heavy atom. The van der Waals surface area contributed by atoms with Crippen LogP contribution in [0.3, 0.4) is 0 Å². The van der Waals surface area contributed by atoms with Crippen LogP contribution in [-0.4, -0.2) is 23.9 Å². The van der Waals surface area contributed by atoms with Crippen LogP contribution in [0.5, 0.6) is 0 Å². The second kappa shape index (κ2) is 9.02. The molecule has 0 unspecified atom stereocenters. The topological polar surface area (TPSA) is 58.2 Å². The molecule has 0 bridgehead atoms. The summed E-state index contributed by atoms with van der Waals surface area (Å²) in [7, 11) is 0. The van der Waals surface area contributed by atoms with Crippen molar-refractivity contribution in [2.24, 2.45) is 11.8 Å². The molecule has 0 heterocycles. The van der Waals surface area contributed by atoms with E-state index in [1.165, 1.54) is 5.56 Å². The van der Waals surface area contributed by atoms with Crippen molar-refractivity contribution in [1.82, 2.24) is 10.6 Å². The third-order valence-electron chi connectivity index (χ3n) is 4.75. The van der Waals surface area contributed by atoms with Crippen molar-refractivity contribution in [3.63, 3.8) is 0 Å². The maximum absolute atomic E-state index is 12.3. The molecule has 138 valence electrons. The molecule has 0 atom stereocenters. The van der Waals surface area contributed by atoms with Gasteiger partial charge in [0.15, 0.2) is 0 Å². The average molecular weight is 344 g/mol. The molecule has 1 fully saturated rings. The first-order valence-electron chi connectivity index (χ1n) is 9.49. The second-order valence-electron chi connectivity index (χ2n) is 8.17. The molecule has 2 N–H and O–H groups in total. The molecule has 0 aliphatic heterocycles. The van der Waals surface area contributed by atoms with Crippen molar-refractivity contribution in [2.45, 2.75) is 64.8 Å². The number of carbonyl (C=O) groups excluding carboxylic acids is 2. The van der Waals surface area contributed by atoms with Crippen molar-refractivity contribution in [3.05, 3.63) is 35.9 Å². The number of aryl methyl sites for hydroxylation is 1. The average Bonchev–Trinajstić information content (AvgIpc) is 2.58. The molecule has 0 saturated heterocycles. The van der Waals surface area contributed by atoms with E-state index in [0.717, 1.165) is 45.1 Å². The van der Waals surface area contributed by atoms with E-state index in [9.17, 15) is 9.59 Å². The minimum atomic E-state index is -0.190. The predicted molar refractivity (Wildman–Crippen MR) is 101 cm³/mol. The molecule has 1 aromatic rings. The van der Waals surface area contributed by atoms with Gasteiger partial charge in [0.25, 0.3) is 0 Å². The number of hydrogen-bond acceptors (Lipinski definition) is 2. The Morgan fingerprint density at radius 1 is 0.960 bits per heavy atom. The van der Waals surface area contributed by atoms with Gasteiger partial charge in [-0.25, -0.2) is 0 Å². The molecule has 1 aliphatic rings. The fourth-order valence-corrected chi connectivity index (χ4v) is 3.38. The predicted octanol–water partition coefficient (Wildman–Crippen LogP) is 3.46. The summed E-state index contributed by atoms with van der Waals surface area (Å²) in [4.78, 5) is 24.5. The summed E-state index contributed by atoms with van der Waals surface area (Å²) < 4.78 is 0. The van der Waals surface area contributed by atoms with Crippen molar-refractivity contribution < 1.29 is 9.59 Å². The number of nitrogens with one attached hydrogen (secondary N) is 2. The van der Waals surface area contributed by atoms with E-state index in [4.69, 9.17) is 0 Å². The van der Waals surface area contributed by atoms with Crippen LogP contribution in [-0.2, 0) is 16.0 Å². The zero-order valence-corrected chi connectivity index (χ0v) is 15.8. The normalized spacial score (nSPS) is 20.8. The molecule has 2 rings (SSSR count). The number of rotatable bonds is 6. The van der Waals surface area contributed by atoms with Crippen LogP contribution < -0.4 is 10.6 Å². The van der Waals surface area contributed by atoms with Gasteiger partial charge >= 0.3 is 0 Å². The highest BCUT2D eigenvalue weighted by Crippen LogP contribution is 2.29. The van der Waals surface area contributed by atoms with Gasteiger partial charge in [0.1, 0.15) is 0 Å². The third kappa shape index (κ3) is 6.89. The summed E-state index contributed by atoms with van der Waals surface area (Å²) in [5.41, 5.74) is 1.12. The van der Waals surface area contributed by atoms with Crippen LogP contribution in [0.15, 0.2) is 30.3 Å². The van der Waals surface area contributed by atoms with Gasteiger partial charge in [-0.1, -0.05) is 30.3 Å². The minimum Gasteiger partial charge on any atom is -0.356 e. The van der Waals surface area contributed by atoms with Crippen molar-refractivity contribution in [3.8, 4) is 0 Å². The number of hydrogen-bond donors (Lipinski definition) is 2. The van der Waals surface area contributed by atoms with Gasteiger partial charge in [0, 0.05) is 23.9 Å². The molecular formula is C21H32N2O2. The highest BCUT2D eigenvalue weighted by molar-refractivity contribution is 5.81. The number of benzene rings is 1. The van der Waals surface area contributed by atoms with E-state index >= 15 is 0 Å². The fraction of sp³-hybridized carbons (Fsp3) is 0.619. The monoisotopic (exact) mass is 344 g/mol. The second-order valence-corrected chi connectivity index (χ2v) is 8.17. The van der Waals surface area contributed by atoms with Crippen LogP contribution >= 0.6 is 0 Å². The van der Waals surface area contributed by atoms with E-state index in [1.807, 2.05) is 39.0 Å². The molecular weight excluding hydrogens is 312 g/mol. The van der Waals surface area contributed by atoms with Gasteiger partial charge in [-0.2, -0.15) is 0 Å². The lowest BCUT2D eigenvalue weighted by Crippen LogP contribution is -2.45. The summed E-state index contributed by atoms with van der Waals surface area (Å²) in [6.45, 7) is 6.72. The van der Waals surface area contributed by atoms with E-state index in [2.05, 4.69) is 22.8 Å². The Morgan fingerprint density at radius 3 is 2.08 bits per heavy atom. The Balaban J connectivity index is 1.64. The zero-order valence-electron chi connectivity index (χ0n) is 15.8. The zero-order chi connectivity index (χ0) is 18.3. The summed E-state index contributed by atoms with van der Waals surface area (Å²) >= 11 is 0. The smallest absolute Gasteiger partial charge is 0.223 e. The van der Waals surface area contributed by atoms with Crippen LogP contribution in [0, 0.1) is 11.8 Å². The molecule has 25 heavy (non-hydrogen) atoms. The first-order chi connectivity index (χ1) is 11.8. The fourth-order valence-electron chi connectivity index (χ4n) is 3.38. The van der Waals surface area contributed by atoms with Crippen LogP contribution in [0.4, 0.5) is 0 Å². The lowest BCUT2D eigenvalue weighted by atomic mass is 9.81. The Kier molecular flexibility index (Phi) is 7.03. The molecule has 4 heteroatoms. The Labute approximate surface area is 151 Å². The van der Waals surface area contributed by atoms with Crippen molar-refractivity contribution in [2.75, 3.05) is 6.54 Å². The van der Waals surface area contributed by atoms with Crippen molar-refractivity contribution in [1.29, 1.82) is 0 Å². The van der Waals surface area contributed by atoms with Crippen LogP contribution in [0.25, 0.3) is 0 Å². The number of carbonyl (C=O) groups is 2. The van der Waals surface area contributed by atoms with E-state index in [0.29, 0.717) is 0 Å². The van der Waals surface area contributed by atoms with Gasteiger partial charge in [-0.3, -0.25) is 9.59 Å². The summed E-state index contributed by atoms with van der Waals surface area (Å²) in [6.07, 6.45) is 5.19. The number of amides is 2. The van der Waals surface area contributed by atoms with Crippen molar-refractivity contribution >= 4 is 11.8 Å². The SMILES string of the molecule is CC(C)(C)NC(=O)C1CCC(C(=O)NCCCc2ccccc2)CC1. The molecule has 0 radical (unpaired) electrons. The van der Waals surface area contributed by atoms with Gasteiger partial charge in [0.05, 0.1) is 0 Å². The van der Waals surface area contributed by atoms with Crippen LogP contribution in [0.2, 0.25) is 0 Å². The minimum absolute atomic E-state index is 0.0568. The van der Waals surface area contributed by atoms with Gasteiger partial charge < -0.3 is 10.6 Å². The Bertz CT molecular complexity index is 555. The summed E-state index contributed by atoms with van der Waals surface area (Å²) in [5, 5.41) is 6.12. The van der Waals surface area contributed by atoms with E-state index in [1.54, 1.807) is 0 Å². The third-order valence-corrected chi connectivity index (χ3v) is 4.75. The lowest BCUT2D eigenvalue weighted by Gasteiger charge is -2.30. The molecule has 0 spiro atoms. The van der Waals surface area contributed by atoms with E-state index < -0.39 is 0 Å². The maximum atomic E-state index is 12.3. The Hall–Kier alpha value is -1.84. The lowest BCUT2D eigenvalue weighted by molar-refractivity contribution is -0.131. The van der Waals surface area contributed by atoms with Crippen LogP contribution in [0.1, 0.15) is 58.4 Å². The van der Waals surface area contributed by atoms with Gasteiger partial charge in [0.2, 0.25) is 11.8 Å². The summed E-state index contributed by atoms with van der Waals surface area (Å²) in [5.74, 6) is 0.411. The molecule has 1 aliphatic carbocycles. The first-order valence-corrected chi connectivity index (χ1v) is 9.49. The molecule has 0 aromatic heterocycles. The first kappa shape index (κ1) is 19.5. The highest BCUT2D eigenvalue weighted by Gasteiger charge is 2.30. The van der Waals surface area contributed by atoms with Gasteiger partial charge in [-0.05, 0) is 64.9 Å². The van der Waals surface area contributed by atoms with Gasteiger partial charge in [-0.15, -0.1) is 0 Å². The quantitative estimate of drug-likeness (QED) is 0.777. The molecule has 1 saturated carbocycles. The highest BCUT2D eigenvalue weighted by atomic mass is 16.2. The molecule has 1 aromatic carbocycles. The molecule has 2 amide bonds. The van der Waals surface area contributed by atoms with E-state index in [-0.39, 0.29) is 29.2 Å². The summed E-state index contributed by atoms with van der Waals surface area (Å²) in [6, 6.07) is 10.3. The largest absolute Gasteiger partial charge is 0.356 e.